The van der Waals surface area contributed by atoms with Crippen molar-refractivity contribution in [1.29, 1.82) is 0 Å². The SMILES string of the molecule is Cc1ccsc1C(Br)Cc1cccc2ccccc12. The number of hydrogen-bond acceptors (Lipinski definition) is 1. The number of rotatable bonds is 3. The first kappa shape index (κ1) is 12.9. The van der Waals surface area contributed by atoms with Gasteiger partial charge in [0.2, 0.25) is 0 Å². The van der Waals surface area contributed by atoms with E-state index in [0.29, 0.717) is 4.83 Å². The predicted molar refractivity (Wildman–Crippen MR) is 88.4 cm³/mol. The fourth-order valence-electron chi connectivity index (χ4n) is 2.46. The average molecular weight is 331 g/mol. The van der Waals surface area contributed by atoms with Crippen LogP contribution in [0.4, 0.5) is 0 Å². The summed E-state index contributed by atoms with van der Waals surface area (Å²) in [5.41, 5.74) is 2.79. The zero-order valence-electron chi connectivity index (χ0n) is 10.8. The summed E-state index contributed by atoms with van der Waals surface area (Å²) in [5.74, 6) is 0. The minimum atomic E-state index is 0.401. The molecule has 19 heavy (non-hydrogen) atoms. The first-order valence-electron chi connectivity index (χ1n) is 6.40. The normalized spacial score (nSPS) is 12.7. The molecule has 2 heteroatoms. The van der Waals surface area contributed by atoms with Crippen LogP contribution in [0.15, 0.2) is 53.9 Å². The van der Waals surface area contributed by atoms with Gasteiger partial charge in [-0.05, 0) is 46.7 Å². The van der Waals surface area contributed by atoms with Gasteiger partial charge < -0.3 is 0 Å². The van der Waals surface area contributed by atoms with Gasteiger partial charge >= 0.3 is 0 Å². The summed E-state index contributed by atoms with van der Waals surface area (Å²) in [4.78, 5) is 1.84. The average Bonchev–Trinajstić information content (AvgIpc) is 2.85. The molecule has 0 saturated heterocycles. The fraction of sp³-hybridized carbons (Fsp3) is 0.176. The monoisotopic (exact) mass is 330 g/mol. The number of fused-ring (bicyclic) bond motifs is 1. The number of aryl methyl sites for hydroxylation is 1. The summed E-state index contributed by atoms with van der Waals surface area (Å²) in [6.45, 7) is 2.18. The molecule has 0 N–H and O–H groups in total. The molecule has 1 aromatic heterocycles. The molecular formula is C17H15BrS. The lowest BCUT2D eigenvalue weighted by Gasteiger charge is -2.12. The number of halogens is 1. The van der Waals surface area contributed by atoms with Gasteiger partial charge in [-0.3, -0.25) is 0 Å². The molecule has 1 atom stereocenters. The van der Waals surface area contributed by atoms with Crippen molar-refractivity contribution in [2.45, 2.75) is 18.2 Å². The Morgan fingerprint density at radius 3 is 2.63 bits per heavy atom. The lowest BCUT2D eigenvalue weighted by molar-refractivity contribution is 0.970. The van der Waals surface area contributed by atoms with Crippen molar-refractivity contribution in [1.82, 2.24) is 0 Å². The standard InChI is InChI=1S/C17H15BrS/c1-12-9-10-19-17(12)16(18)11-14-7-4-6-13-5-2-3-8-15(13)14/h2-10,16H,11H2,1H3. The summed E-state index contributed by atoms with van der Waals surface area (Å²) in [5, 5.41) is 4.86. The number of alkyl halides is 1. The Bertz CT molecular complexity index is 694. The lowest BCUT2D eigenvalue weighted by atomic mass is 10.00. The molecule has 0 amide bonds. The molecule has 0 fully saturated rings. The maximum Gasteiger partial charge on any atom is 0.0532 e. The third-order valence-corrected chi connectivity index (χ3v) is 5.68. The van der Waals surface area contributed by atoms with Crippen molar-refractivity contribution >= 4 is 38.0 Å². The van der Waals surface area contributed by atoms with Crippen LogP contribution in [0.3, 0.4) is 0 Å². The highest BCUT2D eigenvalue weighted by atomic mass is 79.9. The van der Waals surface area contributed by atoms with E-state index in [-0.39, 0.29) is 0 Å². The van der Waals surface area contributed by atoms with Crippen LogP contribution in [0.5, 0.6) is 0 Å². The van der Waals surface area contributed by atoms with E-state index in [1.165, 1.54) is 26.8 Å². The molecule has 0 aliphatic carbocycles. The minimum Gasteiger partial charge on any atom is -0.147 e. The second kappa shape index (κ2) is 5.48. The number of hydrogen-bond donors (Lipinski definition) is 0. The van der Waals surface area contributed by atoms with Gasteiger partial charge in [-0.1, -0.05) is 58.4 Å². The fourth-order valence-corrected chi connectivity index (χ4v) is 4.40. The molecule has 3 rings (SSSR count). The van der Waals surface area contributed by atoms with Crippen molar-refractivity contribution in [2.24, 2.45) is 0 Å². The molecule has 0 spiro atoms. The van der Waals surface area contributed by atoms with E-state index in [0.717, 1.165) is 6.42 Å². The van der Waals surface area contributed by atoms with Gasteiger partial charge in [-0.2, -0.15) is 0 Å². The Morgan fingerprint density at radius 1 is 1.05 bits per heavy atom. The predicted octanol–water partition coefficient (Wildman–Crippen LogP) is 5.89. The van der Waals surface area contributed by atoms with Crippen LogP contribution in [0.1, 0.15) is 20.8 Å². The minimum absolute atomic E-state index is 0.401. The van der Waals surface area contributed by atoms with Crippen molar-refractivity contribution in [3.63, 3.8) is 0 Å². The summed E-state index contributed by atoms with van der Waals surface area (Å²) in [7, 11) is 0. The summed E-state index contributed by atoms with van der Waals surface area (Å²) in [6.07, 6.45) is 1.03. The number of thiophene rings is 1. The van der Waals surface area contributed by atoms with Crippen LogP contribution in [-0.4, -0.2) is 0 Å². The zero-order valence-corrected chi connectivity index (χ0v) is 13.2. The van der Waals surface area contributed by atoms with Crippen LogP contribution < -0.4 is 0 Å². The first-order chi connectivity index (χ1) is 9.25. The Balaban J connectivity index is 1.96. The van der Waals surface area contributed by atoms with Crippen LogP contribution in [0, 0.1) is 6.92 Å². The Kier molecular flexibility index (Phi) is 3.72. The van der Waals surface area contributed by atoms with Gasteiger partial charge in [0.05, 0.1) is 4.83 Å². The molecule has 1 unspecified atom stereocenters. The quantitative estimate of drug-likeness (QED) is 0.525. The van der Waals surface area contributed by atoms with Crippen molar-refractivity contribution in [2.75, 3.05) is 0 Å². The molecule has 96 valence electrons. The van der Waals surface area contributed by atoms with Crippen LogP contribution in [0.25, 0.3) is 10.8 Å². The second-order valence-electron chi connectivity index (χ2n) is 4.78. The van der Waals surface area contributed by atoms with E-state index in [9.17, 15) is 0 Å². The third kappa shape index (κ3) is 2.60. The van der Waals surface area contributed by atoms with E-state index in [2.05, 4.69) is 76.8 Å². The second-order valence-corrected chi connectivity index (χ2v) is 6.83. The third-order valence-electron chi connectivity index (χ3n) is 3.47. The molecule has 3 aromatic rings. The topological polar surface area (TPSA) is 0 Å². The van der Waals surface area contributed by atoms with Gasteiger partial charge in [-0.15, -0.1) is 11.3 Å². The van der Waals surface area contributed by atoms with E-state index in [4.69, 9.17) is 0 Å². The molecule has 0 saturated carbocycles. The summed E-state index contributed by atoms with van der Waals surface area (Å²) < 4.78 is 0. The Morgan fingerprint density at radius 2 is 1.84 bits per heavy atom. The molecule has 0 radical (unpaired) electrons. The van der Waals surface area contributed by atoms with Crippen LogP contribution in [-0.2, 0) is 6.42 Å². The van der Waals surface area contributed by atoms with Gasteiger partial charge in [0.15, 0.2) is 0 Å². The number of benzene rings is 2. The largest absolute Gasteiger partial charge is 0.147 e. The van der Waals surface area contributed by atoms with Crippen molar-refractivity contribution in [3.05, 3.63) is 69.9 Å². The van der Waals surface area contributed by atoms with Gasteiger partial charge in [-0.25, -0.2) is 0 Å². The van der Waals surface area contributed by atoms with E-state index < -0.39 is 0 Å². The van der Waals surface area contributed by atoms with E-state index in [1.807, 2.05) is 11.3 Å². The maximum absolute atomic E-state index is 3.85. The zero-order chi connectivity index (χ0) is 13.2. The van der Waals surface area contributed by atoms with Gasteiger partial charge in [0, 0.05) is 4.88 Å². The van der Waals surface area contributed by atoms with Crippen LogP contribution >= 0.6 is 27.3 Å². The summed E-state index contributed by atoms with van der Waals surface area (Å²) in [6, 6.07) is 17.4. The smallest absolute Gasteiger partial charge is 0.0532 e. The van der Waals surface area contributed by atoms with Gasteiger partial charge in [0.1, 0.15) is 0 Å². The highest BCUT2D eigenvalue weighted by molar-refractivity contribution is 9.09. The summed E-state index contributed by atoms with van der Waals surface area (Å²) >= 11 is 5.68. The Hall–Kier alpha value is -1.12. The van der Waals surface area contributed by atoms with Crippen molar-refractivity contribution in [3.8, 4) is 0 Å². The molecule has 0 aliphatic rings. The van der Waals surface area contributed by atoms with E-state index in [1.54, 1.807) is 0 Å². The van der Waals surface area contributed by atoms with E-state index >= 15 is 0 Å². The first-order valence-corrected chi connectivity index (χ1v) is 8.20. The molecule has 1 heterocycles. The van der Waals surface area contributed by atoms with Crippen LogP contribution in [0.2, 0.25) is 0 Å². The molecule has 0 aliphatic heterocycles. The molecular weight excluding hydrogens is 316 g/mol. The van der Waals surface area contributed by atoms with Crippen molar-refractivity contribution < 1.29 is 0 Å². The molecule has 0 bridgehead atoms. The highest BCUT2D eigenvalue weighted by Crippen LogP contribution is 2.34. The Labute approximate surface area is 126 Å². The lowest BCUT2D eigenvalue weighted by Crippen LogP contribution is -1.95. The molecule has 0 nitrogen and oxygen atoms in total. The maximum atomic E-state index is 3.85. The highest BCUT2D eigenvalue weighted by Gasteiger charge is 2.13. The molecule has 2 aromatic carbocycles. The van der Waals surface area contributed by atoms with Gasteiger partial charge in [0.25, 0.3) is 0 Å².